The molecule has 12 heavy (non-hydrogen) atoms. The first-order valence-electron chi connectivity index (χ1n) is 4.04. The number of thiol groups is 1. The first-order chi connectivity index (χ1) is 5.61. The van der Waals surface area contributed by atoms with Gasteiger partial charge in [0.05, 0.1) is 12.5 Å². The number of carbonyl (C=O) groups is 1. The third kappa shape index (κ3) is 4.62. The second-order valence-corrected chi connectivity index (χ2v) is 3.39. The summed E-state index contributed by atoms with van der Waals surface area (Å²) in [7, 11) is 1.59. The first kappa shape index (κ1) is 11.8. The fourth-order valence-electron chi connectivity index (χ4n) is 1.06. The van der Waals surface area contributed by atoms with Gasteiger partial charge in [-0.15, -0.1) is 0 Å². The predicted octanol–water partition coefficient (Wildman–Crippen LogP) is 1.57. The Morgan fingerprint density at radius 2 is 2.25 bits per heavy atom. The second kappa shape index (κ2) is 6.31. The number of hydrogen-bond acceptors (Lipinski definition) is 3. The molecule has 0 rings (SSSR count). The average molecular weight is 192 g/mol. The van der Waals surface area contributed by atoms with Crippen LogP contribution in [0.5, 0.6) is 0 Å². The van der Waals surface area contributed by atoms with E-state index in [9.17, 15) is 4.79 Å². The second-order valence-electron chi connectivity index (χ2n) is 2.73. The molecule has 0 fully saturated rings. The number of aliphatic carboxylic acids is 1. The summed E-state index contributed by atoms with van der Waals surface area (Å²) in [5.41, 5.74) is 0. The fourth-order valence-corrected chi connectivity index (χ4v) is 1.49. The summed E-state index contributed by atoms with van der Waals surface area (Å²) in [6, 6.07) is 0. The number of carboxylic acid groups (broad SMARTS) is 1. The summed E-state index contributed by atoms with van der Waals surface area (Å²) in [6.45, 7) is 2.04. The van der Waals surface area contributed by atoms with E-state index in [-0.39, 0.29) is 17.8 Å². The fraction of sp³-hybridized carbons (Fsp3) is 0.875. The Kier molecular flexibility index (Phi) is 6.20. The molecule has 0 aliphatic carbocycles. The van der Waals surface area contributed by atoms with E-state index in [2.05, 4.69) is 12.6 Å². The highest BCUT2D eigenvalue weighted by Gasteiger charge is 2.19. The van der Waals surface area contributed by atoms with Crippen LogP contribution in [0.15, 0.2) is 0 Å². The van der Waals surface area contributed by atoms with Gasteiger partial charge in [0, 0.05) is 12.4 Å². The molecule has 0 aliphatic heterocycles. The standard InChI is InChI=1S/C8H16O3S/c1-3-4-6(11-2)7(12)5-8(9)10/h6-7,12H,3-5H2,1-2H3,(H,9,10). The number of ether oxygens (including phenoxy) is 1. The van der Waals surface area contributed by atoms with Crippen molar-refractivity contribution in [1.29, 1.82) is 0 Å². The lowest BCUT2D eigenvalue weighted by Crippen LogP contribution is -2.25. The molecule has 0 bridgehead atoms. The van der Waals surface area contributed by atoms with Crippen molar-refractivity contribution in [1.82, 2.24) is 0 Å². The summed E-state index contributed by atoms with van der Waals surface area (Å²) >= 11 is 4.17. The highest BCUT2D eigenvalue weighted by molar-refractivity contribution is 7.81. The first-order valence-corrected chi connectivity index (χ1v) is 4.56. The topological polar surface area (TPSA) is 46.5 Å². The van der Waals surface area contributed by atoms with Crippen LogP contribution in [0.1, 0.15) is 26.2 Å². The van der Waals surface area contributed by atoms with E-state index < -0.39 is 5.97 Å². The average Bonchev–Trinajstić information content (AvgIpc) is 1.98. The molecule has 1 N–H and O–H groups in total. The zero-order valence-corrected chi connectivity index (χ0v) is 8.38. The maximum Gasteiger partial charge on any atom is 0.304 e. The molecule has 0 amide bonds. The third-order valence-corrected chi connectivity index (χ3v) is 2.20. The molecule has 0 radical (unpaired) electrons. The van der Waals surface area contributed by atoms with Gasteiger partial charge in [-0.3, -0.25) is 4.79 Å². The zero-order chi connectivity index (χ0) is 9.56. The normalized spacial score (nSPS) is 15.6. The van der Waals surface area contributed by atoms with Gasteiger partial charge in [0.2, 0.25) is 0 Å². The Hall–Kier alpha value is -0.220. The Morgan fingerprint density at radius 1 is 1.67 bits per heavy atom. The van der Waals surface area contributed by atoms with Crippen molar-refractivity contribution in [2.24, 2.45) is 0 Å². The lowest BCUT2D eigenvalue weighted by Gasteiger charge is -2.19. The highest BCUT2D eigenvalue weighted by atomic mass is 32.1. The molecule has 0 aromatic heterocycles. The molecule has 0 aromatic rings. The van der Waals surface area contributed by atoms with Crippen molar-refractivity contribution in [3.63, 3.8) is 0 Å². The van der Waals surface area contributed by atoms with E-state index in [0.29, 0.717) is 0 Å². The van der Waals surface area contributed by atoms with Crippen molar-refractivity contribution < 1.29 is 14.6 Å². The third-order valence-electron chi connectivity index (χ3n) is 1.69. The maximum atomic E-state index is 10.3. The van der Waals surface area contributed by atoms with Crippen LogP contribution in [-0.4, -0.2) is 29.5 Å². The molecular weight excluding hydrogens is 176 g/mol. The summed E-state index contributed by atoms with van der Waals surface area (Å²) in [6.07, 6.45) is 1.85. The van der Waals surface area contributed by atoms with Crippen molar-refractivity contribution in [3.8, 4) is 0 Å². The Morgan fingerprint density at radius 3 is 2.58 bits per heavy atom. The van der Waals surface area contributed by atoms with Gasteiger partial charge in [-0.2, -0.15) is 12.6 Å². The van der Waals surface area contributed by atoms with Gasteiger partial charge in [0.15, 0.2) is 0 Å². The van der Waals surface area contributed by atoms with Crippen LogP contribution in [0.4, 0.5) is 0 Å². The van der Waals surface area contributed by atoms with Gasteiger partial charge >= 0.3 is 5.97 Å². The number of carboxylic acids is 1. The van der Waals surface area contributed by atoms with Crippen LogP contribution in [0.3, 0.4) is 0 Å². The van der Waals surface area contributed by atoms with Crippen molar-refractivity contribution in [2.45, 2.75) is 37.5 Å². The molecule has 4 heteroatoms. The van der Waals surface area contributed by atoms with Crippen molar-refractivity contribution in [3.05, 3.63) is 0 Å². The van der Waals surface area contributed by atoms with E-state index in [4.69, 9.17) is 9.84 Å². The predicted molar refractivity (Wildman–Crippen MR) is 50.7 cm³/mol. The molecule has 0 saturated heterocycles. The summed E-state index contributed by atoms with van der Waals surface area (Å²) in [5, 5.41) is 8.29. The monoisotopic (exact) mass is 192 g/mol. The molecule has 0 aliphatic rings. The quantitative estimate of drug-likeness (QED) is 0.628. The van der Waals surface area contributed by atoms with Crippen LogP contribution in [0.25, 0.3) is 0 Å². The smallest absolute Gasteiger partial charge is 0.304 e. The van der Waals surface area contributed by atoms with Crippen LogP contribution in [0, 0.1) is 0 Å². The minimum atomic E-state index is -0.826. The Bertz CT molecular complexity index is 138. The van der Waals surface area contributed by atoms with E-state index in [1.807, 2.05) is 6.92 Å². The molecule has 2 atom stereocenters. The lowest BCUT2D eigenvalue weighted by molar-refractivity contribution is -0.137. The van der Waals surface area contributed by atoms with Gasteiger partial charge in [-0.25, -0.2) is 0 Å². The Labute approximate surface area is 78.5 Å². The SMILES string of the molecule is CCCC(OC)C(S)CC(=O)O. The molecular formula is C8H16O3S. The van der Waals surface area contributed by atoms with Crippen molar-refractivity contribution >= 4 is 18.6 Å². The van der Waals surface area contributed by atoms with Crippen LogP contribution in [0.2, 0.25) is 0 Å². The van der Waals surface area contributed by atoms with Gasteiger partial charge in [0.25, 0.3) is 0 Å². The van der Waals surface area contributed by atoms with Gasteiger partial charge in [-0.1, -0.05) is 13.3 Å². The number of rotatable bonds is 6. The van der Waals surface area contributed by atoms with Gasteiger partial charge in [0.1, 0.15) is 0 Å². The van der Waals surface area contributed by atoms with Crippen LogP contribution < -0.4 is 0 Å². The number of methoxy groups -OCH3 is 1. The van der Waals surface area contributed by atoms with E-state index in [1.165, 1.54) is 0 Å². The minimum Gasteiger partial charge on any atom is -0.481 e. The van der Waals surface area contributed by atoms with E-state index in [1.54, 1.807) is 7.11 Å². The minimum absolute atomic E-state index is 0.0468. The van der Waals surface area contributed by atoms with Gasteiger partial charge in [-0.05, 0) is 6.42 Å². The van der Waals surface area contributed by atoms with Gasteiger partial charge < -0.3 is 9.84 Å². The number of hydrogen-bond donors (Lipinski definition) is 2. The molecule has 0 heterocycles. The molecule has 0 spiro atoms. The lowest BCUT2D eigenvalue weighted by atomic mass is 10.1. The van der Waals surface area contributed by atoms with E-state index in [0.717, 1.165) is 12.8 Å². The molecule has 0 saturated carbocycles. The summed E-state index contributed by atoms with van der Waals surface area (Å²) < 4.78 is 5.11. The maximum absolute atomic E-state index is 10.3. The molecule has 72 valence electrons. The van der Waals surface area contributed by atoms with Crippen LogP contribution in [-0.2, 0) is 9.53 Å². The molecule has 0 aromatic carbocycles. The Balaban J connectivity index is 3.84. The van der Waals surface area contributed by atoms with Crippen LogP contribution >= 0.6 is 12.6 Å². The summed E-state index contributed by atoms with van der Waals surface area (Å²) in [4.78, 5) is 10.3. The largest absolute Gasteiger partial charge is 0.481 e. The molecule has 2 unspecified atom stereocenters. The zero-order valence-electron chi connectivity index (χ0n) is 7.49. The van der Waals surface area contributed by atoms with Crippen molar-refractivity contribution in [2.75, 3.05) is 7.11 Å². The highest BCUT2D eigenvalue weighted by Crippen LogP contribution is 2.14. The summed E-state index contributed by atoms with van der Waals surface area (Å²) in [5.74, 6) is -0.826. The molecule has 3 nitrogen and oxygen atoms in total. The van der Waals surface area contributed by atoms with E-state index >= 15 is 0 Å².